The monoisotopic (exact) mass is 392 g/mol. The largest absolute Gasteiger partial charge is 0.493 e. The highest BCUT2D eigenvalue weighted by atomic mass is 16.5. The van der Waals surface area contributed by atoms with Gasteiger partial charge in [0.2, 0.25) is 11.7 Å². The second-order valence-corrected chi connectivity index (χ2v) is 7.86. The number of methoxy groups -OCH3 is 1. The third-order valence-corrected chi connectivity index (χ3v) is 5.78. The van der Waals surface area contributed by atoms with Crippen LogP contribution in [-0.2, 0) is 6.61 Å². The molecule has 2 aromatic carbocycles. The van der Waals surface area contributed by atoms with Gasteiger partial charge >= 0.3 is 0 Å². The van der Waals surface area contributed by atoms with Crippen molar-refractivity contribution in [3.8, 4) is 22.9 Å². The van der Waals surface area contributed by atoms with Crippen LogP contribution in [0.1, 0.15) is 60.6 Å². The normalized spacial score (nSPS) is 14.7. The van der Waals surface area contributed by atoms with Gasteiger partial charge in [-0.3, -0.25) is 0 Å². The molecule has 1 fully saturated rings. The van der Waals surface area contributed by atoms with Crippen molar-refractivity contribution >= 4 is 0 Å². The van der Waals surface area contributed by atoms with Crippen LogP contribution in [0.15, 0.2) is 40.9 Å². The summed E-state index contributed by atoms with van der Waals surface area (Å²) in [6.07, 6.45) is 6.05. The molecule has 1 heterocycles. The molecule has 0 radical (unpaired) electrons. The summed E-state index contributed by atoms with van der Waals surface area (Å²) in [6.45, 7) is 4.71. The van der Waals surface area contributed by atoms with Crippen LogP contribution in [0.3, 0.4) is 0 Å². The van der Waals surface area contributed by atoms with Gasteiger partial charge in [0.15, 0.2) is 11.5 Å². The van der Waals surface area contributed by atoms with Crippen molar-refractivity contribution in [3.63, 3.8) is 0 Å². The summed E-state index contributed by atoms with van der Waals surface area (Å²) >= 11 is 0. The lowest BCUT2D eigenvalue weighted by molar-refractivity contribution is 0.284. The average Bonchev–Trinajstić information content (AvgIpc) is 3.25. The Morgan fingerprint density at radius 3 is 2.55 bits per heavy atom. The van der Waals surface area contributed by atoms with Crippen LogP contribution in [0, 0.1) is 13.8 Å². The molecule has 0 N–H and O–H groups in total. The van der Waals surface area contributed by atoms with Crippen LogP contribution >= 0.6 is 0 Å². The Balaban J connectivity index is 1.49. The molecule has 4 rings (SSSR count). The minimum absolute atomic E-state index is 0.396. The molecule has 5 heteroatoms. The quantitative estimate of drug-likeness (QED) is 0.516. The second-order valence-electron chi connectivity index (χ2n) is 7.86. The van der Waals surface area contributed by atoms with Gasteiger partial charge < -0.3 is 14.0 Å². The Morgan fingerprint density at radius 2 is 1.79 bits per heavy atom. The third-order valence-electron chi connectivity index (χ3n) is 5.78. The molecule has 1 aliphatic carbocycles. The Bertz CT molecular complexity index is 974. The molecule has 1 saturated carbocycles. The van der Waals surface area contributed by atoms with E-state index in [4.69, 9.17) is 14.0 Å². The van der Waals surface area contributed by atoms with Gasteiger partial charge in [0.25, 0.3) is 0 Å². The molecule has 29 heavy (non-hydrogen) atoms. The SMILES string of the molecule is COc1cc(-c2noc(C3CCCCC3)n2)ccc1OCc1ccc(C)c(C)c1. The van der Waals surface area contributed by atoms with E-state index in [1.54, 1.807) is 7.11 Å². The molecular weight excluding hydrogens is 364 g/mol. The highest BCUT2D eigenvalue weighted by Crippen LogP contribution is 2.35. The van der Waals surface area contributed by atoms with Crippen molar-refractivity contribution in [1.82, 2.24) is 10.1 Å². The minimum atomic E-state index is 0.396. The number of rotatable bonds is 6. The molecule has 0 bridgehead atoms. The zero-order valence-corrected chi connectivity index (χ0v) is 17.4. The Kier molecular flexibility index (Phi) is 5.84. The number of aryl methyl sites for hydroxylation is 2. The van der Waals surface area contributed by atoms with E-state index >= 15 is 0 Å². The van der Waals surface area contributed by atoms with Crippen LogP contribution in [-0.4, -0.2) is 17.3 Å². The van der Waals surface area contributed by atoms with Crippen LogP contribution in [0.5, 0.6) is 11.5 Å². The lowest BCUT2D eigenvalue weighted by atomic mass is 9.89. The highest BCUT2D eigenvalue weighted by Gasteiger charge is 2.22. The van der Waals surface area contributed by atoms with Gasteiger partial charge in [0.1, 0.15) is 6.61 Å². The summed E-state index contributed by atoms with van der Waals surface area (Å²) in [5, 5.41) is 4.20. The Labute approximate surface area is 172 Å². The van der Waals surface area contributed by atoms with Crippen LogP contribution in [0.25, 0.3) is 11.4 Å². The molecule has 1 aromatic heterocycles. The Morgan fingerprint density at radius 1 is 0.966 bits per heavy atom. The molecule has 0 atom stereocenters. The molecule has 3 aromatic rings. The lowest BCUT2D eigenvalue weighted by Gasteiger charge is -2.17. The van der Waals surface area contributed by atoms with Gasteiger partial charge in [0.05, 0.1) is 7.11 Å². The number of ether oxygens (including phenoxy) is 2. The van der Waals surface area contributed by atoms with Crippen LogP contribution < -0.4 is 9.47 Å². The number of nitrogens with zero attached hydrogens (tertiary/aromatic N) is 2. The third kappa shape index (κ3) is 4.44. The molecule has 0 spiro atoms. The molecular formula is C24H28N2O3. The van der Waals surface area contributed by atoms with Gasteiger partial charge in [-0.05, 0) is 61.6 Å². The summed E-state index contributed by atoms with van der Waals surface area (Å²) < 4.78 is 17.1. The van der Waals surface area contributed by atoms with E-state index in [1.807, 2.05) is 18.2 Å². The van der Waals surface area contributed by atoms with Gasteiger partial charge in [-0.25, -0.2) is 0 Å². The molecule has 0 amide bonds. The molecule has 0 saturated heterocycles. The van der Waals surface area contributed by atoms with Gasteiger partial charge in [-0.15, -0.1) is 0 Å². The predicted octanol–water partition coefficient (Wildman–Crippen LogP) is 5.99. The summed E-state index contributed by atoms with van der Waals surface area (Å²) in [6, 6.07) is 12.1. The minimum Gasteiger partial charge on any atom is -0.493 e. The number of hydrogen-bond acceptors (Lipinski definition) is 5. The smallest absolute Gasteiger partial charge is 0.230 e. The van der Waals surface area contributed by atoms with Crippen molar-refractivity contribution < 1.29 is 14.0 Å². The number of hydrogen-bond donors (Lipinski definition) is 0. The van der Waals surface area contributed by atoms with Crippen LogP contribution in [0.4, 0.5) is 0 Å². The molecule has 0 aliphatic heterocycles. The maximum absolute atomic E-state index is 6.01. The summed E-state index contributed by atoms with van der Waals surface area (Å²) in [7, 11) is 1.64. The maximum Gasteiger partial charge on any atom is 0.230 e. The highest BCUT2D eigenvalue weighted by molar-refractivity contribution is 5.60. The number of benzene rings is 2. The molecule has 1 aliphatic rings. The van der Waals surface area contributed by atoms with E-state index in [-0.39, 0.29) is 0 Å². The lowest BCUT2D eigenvalue weighted by Crippen LogP contribution is -2.04. The van der Waals surface area contributed by atoms with Gasteiger partial charge in [-0.1, -0.05) is 42.6 Å². The van der Waals surface area contributed by atoms with Crippen molar-refractivity contribution in [2.24, 2.45) is 0 Å². The van der Waals surface area contributed by atoms with Crippen molar-refractivity contribution in [2.45, 2.75) is 58.5 Å². The fourth-order valence-electron chi connectivity index (χ4n) is 3.85. The zero-order chi connectivity index (χ0) is 20.2. The first-order chi connectivity index (χ1) is 14.1. The topological polar surface area (TPSA) is 57.4 Å². The van der Waals surface area contributed by atoms with E-state index in [0.717, 1.165) is 29.9 Å². The van der Waals surface area contributed by atoms with E-state index < -0.39 is 0 Å². The molecule has 5 nitrogen and oxygen atoms in total. The zero-order valence-electron chi connectivity index (χ0n) is 17.4. The first-order valence-electron chi connectivity index (χ1n) is 10.3. The fraction of sp³-hybridized carbons (Fsp3) is 0.417. The average molecular weight is 392 g/mol. The Hall–Kier alpha value is -2.82. The van der Waals surface area contributed by atoms with Gasteiger partial charge in [0, 0.05) is 11.5 Å². The summed E-state index contributed by atoms with van der Waals surface area (Å²) in [4.78, 5) is 4.65. The predicted molar refractivity (Wildman–Crippen MR) is 112 cm³/mol. The standard InChI is InChI=1S/C24H28N2O3/c1-16-9-10-18(13-17(16)2)15-28-21-12-11-20(14-22(21)27-3)23-25-24(29-26-23)19-7-5-4-6-8-19/h9-14,19H,4-8,15H2,1-3H3. The first-order valence-corrected chi connectivity index (χ1v) is 10.3. The second kappa shape index (κ2) is 8.68. The summed E-state index contributed by atoms with van der Waals surface area (Å²) in [5.74, 6) is 3.12. The van der Waals surface area contributed by atoms with E-state index in [9.17, 15) is 0 Å². The summed E-state index contributed by atoms with van der Waals surface area (Å²) in [5.41, 5.74) is 4.54. The van der Waals surface area contributed by atoms with Gasteiger partial charge in [-0.2, -0.15) is 4.98 Å². The maximum atomic E-state index is 6.01. The van der Waals surface area contributed by atoms with Crippen molar-refractivity contribution in [2.75, 3.05) is 7.11 Å². The van der Waals surface area contributed by atoms with Crippen LogP contribution in [0.2, 0.25) is 0 Å². The fourth-order valence-corrected chi connectivity index (χ4v) is 3.85. The van der Waals surface area contributed by atoms with E-state index in [0.29, 0.717) is 29.8 Å². The van der Waals surface area contributed by atoms with E-state index in [1.165, 1.54) is 30.4 Å². The van der Waals surface area contributed by atoms with Crippen molar-refractivity contribution in [3.05, 3.63) is 59.0 Å². The van der Waals surface area contributed by atoms with E-state index in [2.05, 4.69) is 42.2 Å². The molecule has 0 unspecified atom stereocenters. The van der Waals surface area contributed by atoms with Crippen molar-refractivity contribution in [1.29, 1.82) is 0 Å². The number of aromatic nitrogens is 2. The molecule has 152 valence electrons. The first kappa shape index (κ1) is 19.5.